The number of carbonyl (C=O) groups is 1. The van der Waals surface area contributed by atoms with Gasteiger partial charge in [-0.25, -0.2) is 0 Å². The Hall–Kier alpha value is -1.81. The first-order valence-electron chi connectivity index (χ1n) is 6.94. The van der Waals surface area contributed by atoms with Gasteiger partial charge in [0.2, 0.25) is 0 Å². The van der Waals surface area contributed by atoms with Crippen molar-refractivity contribution in [3.63, 3.8) is 0 Å². The normalized spacial score (nSPS) is 13.7. The highest BCUT2D eigenvalue weighted by molar-refractivity contribution is 9.10. The summed E-state index contributed by atoms with van der Waals surface area (Å²) in [6.07, 6.45) is 2.01. The third kappa shape index (κ3) is 2.68. The van der Waals surface area contributed by atoms with E-state index in [0.717, 1.165) is 29.5 Å². The molecule has 0 unspecified atom stereocenters. The number of fused-ring (bicyclic) bond motifs is 1. The SMILES string of the molecule is COc1ccc(Br)cc1C(=O)N1CCCc2ccccc21. The molecule has 2 aromatic carbocycles. The Morgan fingerprint density at radius 2 is 2.05 bits per heavy atom. The van der Waals surface area contributed by atoms with Gasteiger partial charge in [0.15, 0.2) is 0 Å². The summed E-state index contributed by atoms with van der Waals surface area (Å²) >= 11 is 3.42. The molecule has 0 bridgehead atoms. The summed E-state index contributed by atoms with van der Waals surface area (Å²) in [5, 5.41) is 0. The maximum absolute atomic E-state index is 12.9. The maximum Gasteiger partial charge on any atom is 0.262 e. The van der Waals surface area contributed by atoms with Crippen molar-refractivity contribution in [3.05, 3.63) is 58.1 Å². The second kappa shape index (κ2) is 5.90. The van der Waals surface area contributed by atoms with Crippen molar-refractivity contribution in [1.29, 1.82) is 0 Å². The molecule has 1 heterocycles. The van der Waals surface area contributed by atoms with E-state index >= 15 is 0 Å². The topological polar surface area (TPSA) is 29.5 Å². The number of hydrogen-bond acceptors (Lipinski definition) is 2. The van der Waals surface area contributed by atoms with E-state index in [1.165, 1.54) is 5.56 Å². The number of rotatable bonds is 2. The van der Waals surface area contributed by atoms with Gasteiger partial charge >= 0.3 is 0 Å². The van der Waals surface area contributed by atoms with Crippen LogP contribution in [0.3, 0.4) is 0 Å². The van der Waals surface area contributed by atoms with Crippen LogP contribution in [0.4, 0.5) is 5.69 Å². The number of methoxy groups -OCH3 is 1. The molecule has 0 atom stereocenters. The van der Waals surface area contributed by atoms with Crippen molar-refractivity contribution in [1.82, 2.24) is 0 Å². The first-order valence-corrected chi connectivity index (χ1v) is 7.73. The Bertz CT molecular complexity index is 684. The maximum atomic E-state index is 12.9. The molecule has 1 aliphatic rings. The molecule has 3 rings (SSSR count). The van der Waals surface area contributed by atoms with Gasteiger partial charge in [0.1, 0.15) is 5.75 Å². The van der Waals surface area contributed by atoms with E-state index in [2.05, 4.69) is 22.0 Å². The van der Waals surface area contributed by atoms with Crippen LogP contribution in [0.2, 0.25) is 0 Å². The zero-order chi connectivity index (χ0) is 14.8. The molecule has 0 fully saturated rings. The number of anilines is 1. The minimum Gasteiger partial charge on any atom is -0.496 e. The number of ether oxygens (including phenoxy) is 1. The fraction of sp³-hybridized carbons (Fsp3) is 0.235. The highest BCUT2D eigenvalue weighted by atomic mass is 79.9. The summed E-state index contributed by atoms with van der Waals surface area (Å²) in [7, 11) is 1.59. The van der Waals surface area contributed by atoms with Crippen LogP contribution >= 0.6 is 15.9 Å². The van der Waals surface area contributed by atoms with Crippen LogP contribution in [0.15, 0.2) is 46.9 Å². The zero-order valence-electron chi connectivity index (χ0n) is 11.8. The van der Waals surface area contributed by atoms with Crippen molar-refractivity contribution in [2.45, 2.75) is 12.8 Å². The Labute approximate surface area is 132 Å². The molecule has 0 aromatic heterocycles. The van der Waals surface area contributed by atoms with E-state index in [4.69, 9.17) is 4.74 Å². The Balaban J connectivity index is 2.02. The largest absolute Gasteiger partial charge is 0.496 e. The van der Waals surface area contributed by atoms with Gasteiger partial charge in [-0.2, -0.15) is 0 Å². The number of nitrogens with zero attached hydrogens (tertiary/aromatic N) is 1. The first kappa shape index (κ1) is 14.1. The van der Waals surface area contributed by atoms with Gasteiger partial charge in [-0.15, -0.1) is 0 Å². The van der Waals surface area contributed by atoms with E-state index in [-0.39, 0.29) is 5.91 Å². The molecule has 3 nitrogen and oxygen atoms in total. The Kier molecular flexibility index (Phi) is 3.97. The molecule has 2 aromatic rings. The molecule has 0 saturated carbocycles. The molecule has 108 valence electrons. The predicted molar refractivity (Wildman–Crippen MR) is 87.1 cm³/mol. The van der Waals surface area contributed by atoms with Crippen LogP contribution in [0.1, 0.15) is 22.3 Å². The minimum atomic E-state index is -0.0136. The van der Waals surface area contributed by atoms with Gasteiger partial charge in [-0.1, -0.05) is 34.1 Å². The highest BCUT2D eigenvalue weighted by Crippen LogP contribution is 2.31. The smallest absolute Gasteiger partial charge is 0.262 e. The quantitative estimate of drug-likeness (QED) is 0.821. The van der Waals surface area contributed by atoms with Crippen LogP contribution in [-0.2, 0) is 6.42 Å². The molecule has 1 aliphatic heterocycles. The van der Waals surface area contributed by atoms with Gasteiger partial charge in [0.05, 0.1) is 12.7 Å². The predicted octanol–water partition coefficient (Wildman–Crippen LogP) is 4.05. The summed E-state index contributed by atoms with van der Waals surface area (Å²) in [6.45, 7) is 0.742. The van der Waals surface area contributed by atoms with Crippen molar-refractivity contribution in [3.8, 4) is 5.75 Å². The summed E-state index contributed by atoms with van der Waals surface area (Å²) in [5.41, 5.74) is 2.82. The van der Waals surface area contributed by atoms with Crippen LogP contribution in [0, 0.1) is 0 Å². The fourth-order valence-electron chi connectivity index (χ4n) is 2.74. The molecular weight excluding hydrogens is 330 g/mol. The van der Waals surface area contributed by atoms with Crippen LogP contribution in [-0.4, -0.2) is 19.6 Å². The van der Waals surface area contributed by atoms with Gasteiger partial charge < -0.3 is 9.64 Å². The van der Waals surface area contributed by atoms with Gasteiger partial charge in [0, 0.05) is 16.7 Å². The van der Waals surface area contributed by atoms with Crippen molar-refractivity contribution < 1.29 is 9.53 Å². The first-order chi connectivity index (χ1) is 10.2. The third-order valence-corrected chi connectivity index (χ3v) is 4.24. The van der Waals surface area contributed by atoms with Gasteiger partial charge in [0.25, 0.3) is 5.91 Å². The van der Waals surface area contributed by atoms with E-state index in [1.54, 1.807) is 7.11 Å². The van der Waals surface area contributed by atoms with E-state index in [9.17, 15) is 4.79 Å². The summed E-state index contributed by atoms with van der Waals surface area (Å²) in [6, 6.07) is 13.6. The number of amides is 1. The molecule has 0 N–H and O–H groups in total. The molecule has 0 spiro atoms. The van der Waals surface area contributed by atoms with E-state index < -0.39 is 0 Å². The number of carbonyl (C=O) groups excluding carboxylic acids is 1. The molecule has 4 heteroatoms. The number of benzene rings is 2. The number of para-hydroxylation sites is 1. The van der Waals surface area contributed by atoms with Crippen molar-refractivity contribution in [2.24, 2.45) is 0 Å². The third-order valence-electron chi connectivity index (χ3n) is 3.75. The van der Waals surface area contributed by atoms with Gasteiger partial charge in [-0.3, -0.25) is 4.79 Å². The molecule has 21 heavy (non-hydrogen) atoms. The summed E-state index contributed by atoms with van der Waals surface area (Å²) in [4.78, 5) is 14.8. The summed E-state index contributed by atoms with van der Waals surface area (Å²) in [5.74, 6) is 0.589. The molecule has 0 radical (unpaired) electrons. The standard InChI is InChI=1S/C17H16BrNO2/c1-21-16-9-8-13(18)11-14(16)17(20)19-10-4-6-12-5-2-3-7-15(12)19/h2-3,5,7-9,11H,4,6,10H2,1H3. The lowest BCUT2D eigenvalue weighted by molar-refractivity contribution is 0.0982. The number of aryl methyl sites for hydroxylation is 1. The zero-order valence-corrected chi connectivity index (χ0v) is 13.4. The molecule has 0 saturated heterocycles. The average Bonchev–Trinajstić information content (AvgIpc) is 2.53. The number of hydrogen-bond donors (Lipinski definition) is 0. The molecule has 1 amide bonds. The second-order valence-electron chi connectivity index (χ2n) is 5.03. The average molecular weight is 346 g/mol. The second-order valence-corrected chi connectivity index (χ2v) is 5.95. The fourth-order valence-corrected chi connectivity index (χ4v) is 3.10. The molecular formula is C17H16BrNO2. The Morgan fingerprint density at radius 3 is 2.86 bits per heavy atom. The monoisotopic (exact) mass is 345 g/mol. The van der Waals surface area contributed by atoms with Crippen molar-refractivity contribution >= 4 is 27.5 Å². The lowest BCUT2D eigenvalue weighted by atomic mass is 10.0. The lowest BCUT2D eigenvalue weighted by Crippen LogP contribution is -2.35. The lowest BCUT2D eigenvalue weighted by Gasteiger charge is -2.30. The van der Waals surface area contributed by atoms with Crippen LogP contribution in [0.25, 0.3) is 0 Å². The minimum absolute atomic E-state index is 0.0136. The van der Waals surface area contributed by atoms with E-state index in [0.29, 0.717) is 11.3 Å². The summed E-state index contributed by atoms with van der Waals surface area (Å²) < 4.78 is 6.20. The Morgan fingerprint density at radius 1 is 1.24 bits per heavy atom. The highest BCUT2D eigenvalue weighted by Gasteiger charge is 2.25. The van der Waals surface area contributed by atoms with Crippen LogP contribution < -0.4 is 9.64 Å². The van der Waals surface area contributed by atoms with Gasteiger partial charge in [-0.05, 0) is 42.7 Å². The van der Waals surface area contributed by atoms with E-state index in [1.807, 2.05) is 41.3 Å². The van der Waals surface area contributed by atoms with Crippen LogP contribution in [0.5, 0.6) is 5.75 Å². The number of halogens is 1. The van der Waals surface area contributed by atoms with Crippen molar-refractivity contribution in [2.75, 3.05) is 18.6 Å². The molecule has 0 aliphatic carbocycles.